The van der Waals surface area contributed by atoms with Crippen molar-refractivity contribution in [1.29, 1.82) is 0 Å². The van der Waals surface area contributed by atoms with Crippen LogP contribution in [0, 0.1) is 5.41 Å². The number of ether oxygens (including phenoxy) is 1. The first-order valence-electron chi connectivity index (χ1n) is 7.88. The minimum absolute atomic E-state index is 0.0266. The fourth-order valence-corrected chi connectivity index (χ4v) is 2.77. The molecule has 2 rings (SSSR count). The van der Waals surface area contributed by atoms with Crippen molar-refractivity contribution in [3.05, 3.63) is 35.4 Å². The summed E-state index contributed by atoms with van der Waals surface area (Å²) < 4.78 is 5.06. The number of esters is 1. The van der Waals surface area contributed by atoms with Gasteiger partial charge in [0.05, 0.1) is 12.5 Å². The molecule has 22 heavy (non-hydrogen) atoms. The molecule has 0 radical (unpaired) electrons. The molecule has 1 aliphatic rings. The van der Waals surface area contributed by atoms with Gasteiger partial charge in [-0.15, -0.1) is 0 Å². The predicted octanol–water partition coefficient (Wildman–Crippen LogP) is 3.16. The topological polar surface area (TPSA) is 55.4 Å². The monoisotopic (exact) mass is 303 g/mol. The van der Waals surface area contributed by atoms with Crippen LogP contribution < -0.4 is 5.32 Å². The molecular weight excluding hydrogens is 278 g/mol. The Morgan fingerprint density at radius 1 is 1.27 bits per heavy atom. The summed E-state index contributed by atoms with van der Waals surface area (Å²) in [5, 5.41) is 2.98. The molecule has 120 valence electrons. The third-order valence-corrected chi connectivity index (χ3v) is 3.74. The van der Waals surface area contributed by atoms with Gasteiger partial charge in [-0.25, -0.2) is 0 Å². The minimum Gasteiger partial charge on any atom is -0.456 e. The van der Waals surface area contributed by atoms with E-state index < -0.39 is 0 Å². The Morgan fingerprint density at radius 2 is 2.00 bits per heavy atom. The summed E-state index contributed by atoms with van der Waals surface area (Å²) in [6, 6.07) is 8.21. The summed E-state index contributed by atoms with van der Waals surface area (Å²) in [6.07, 6.45) is 3.36. The highest BCUT2D eigenvalue weighted by molar-refractivity contribution is 5.81. The first-order valence-corrected chi connectivity index (χ1v) is 7.88. The Morgan fingerprint density at radius 3 is 2.73 bits per heavy atom. The fraction of sp³-hybridized carbons (Fsp3) is 0.556. The molecule has 1 aromatic carbocycles. The summed E-state index contributed by atoms with van der Waals surface area (Å²) in [6.45, 7) is 5.70. The molecule has 1 amide bonds. The third-order valence-electron chi connectivity index (χ3n) is 3.74. The quantitative estimate of drug-likeness (QED) is 0.869. The molecule has 0 heterocycles. The molecule has 1 atom stereocenters. The van der Waals surface area contributed by atoms with Gasteiger partial charge in [-0.3, -0.25) is 9.59 Å². The molecule has 0 spiro atoms. The van der Waals surface area contributed by atoms with Gasteiger partial charge in [0.2, 0.25) is 0 Å². The highest BCUT2D eigenvalue weighted by Gasteiger charge is 2.22. The van der Waals surface area contributed by atoms with Gasteiger partial charge in [0.15, 0.2) is 6.61 Å². The Hall–Kier alpha value is -1.84. The number of rotatable bonds is 4. The zero-order valence-electron chi connectivity index (χ0n) is 13.6. The molecule has 0 aromatic heterocycles. The van der Waals surface area contributed by atoms with E-state index in [-0.39, 0.29) is 29.9 Å². The van der Waals surface area contributed by atoms with Crippen molar-refractivity contribution < 1.29 is 14.3 Å². The molecular formula is C18H25NO3. The SMILES string of the molecule is CC(C)(C)CC(=O)OCC(=O)N[C@H]1CCCc2ccccc21. The normalized spacial score (nSPS) is 17.5. The van der Waals surface area contributed by atoms with Crippen molar-refractivity contribution in [1.82, 2.24) is 5.32 Å². The molecule has 1 N–H and O–H groups in total. The highest BCUT2D eigenvalue weighted by atomic mass is 16.5. The maximum atomic E-state index is 12.0. The van der Waals surface area contributed by atoms with Gasteiger partial charge in [-0.2, -0.15) is 0 Å². The molecule has 4 heteroatoms. The fourth-order valence-electron chi connectivity index (χ4n) is 2.77. The predicted molar refractivity (Wildman–Crippen MR) is 85.3 cm³/mol. The zero-order valence-corrected chi connectivity index (χ0v) is 13.6. The van der Waals surface area contributed by atoms with Gasteiger partial charge >= 0.3 is 5.97 Å². The van der Waals surface area contributed by atoms with E-state index in [0.717, 1.165) is 19.3 Å². The number of hydrogen-bond acceptors (Lipinski definition) is 3. The Bertz CT molecular complexity index is 546. The molecule has 0 fully saturated rings. The number of amides is 1. The standard InChI is InChI=1S/C18H25NO3/c1-18(2,3)11-17(21)22-12-16(20)19-15-10-6-8-13-7-4-5-9-14(13)15/h4-5,7,9,15H,6,8,10-12H2,1-3H3,(H,19,20)/t15-/m0/s1. The van der Waals surface area contributed by atoms with Crippen LogP contribution >= 0.6 is 0 Å². The summed E-state index contributed by atoms with van der Waals surface area (Å²) in [7, 11) is 0. The number of benzene rings is 1. The Labute approximate surface area is 132 Å². The van der Waals surface area contributed by atoms with Crippen LogP contribution in [0.2, 0.25) is 0 Å². The largest absolute Gasteiger partial charge is 0.456 e. The van der Waals surface area contributed by atoms with Gasteiger partial charge in [0.1, 0.15) is 0 Å². The highest BCUT2D eigenvalue weighted by Crippen LogP contribution is 2.29. The van der Waals surface area contributed by atoms with Crippen LogP contribution in [0.4, 0.5) is 0 Å². The first-order chi connectivity index (χ1) is 10.3. The van der Waals surface area contributed by atoms with E-state index in [0.29, 0.717) is 6.42 Å². The van der Waals surface area contributed by atoms with Crippen LogP contribution in [0.3, 0.4) is 0 Å². The molecule has 4 nitrogen and oxygen atoms in total. The molecule has 0 unspecified atom stereocenters. The van der Waals surface area contributed by atoms with Crippen LogP contribution in [0.5, 0.6) is 0 Å². The van der Waals surface area contributed by atoms with Crippen LogP contribution in [-0.2, 0) is 20.7 Å². The lowest BCUT2D eigenvalue weighted by molar-refractivity contribution is -0.150. The third kappa shape index (κ3) is 4.86. The van der Waals surface area contributed by atoms with Crippen LogP contribution in [0.1, 0.15) is 57.2 Å². The Balaban J connectivity index is 1.85. The van der Waals surface area contributed by atoms with E-state index >= 15 is 0 Å². The number of fused-ring (bicyclic) bond motifs is 1. The average molecular weight is 303 g/mol. The second-order valence-corrected chi connectivity index (χ2v) is 7.11. The molecule has 0 bridgehead atoms. The van der Waals surface area contributed by atoms with Gasteiger partial charge in [0, 0.05) is 0 Å². The Kier molecular flexibility index (Phi) is 5.22. The average Bonchev–Trinajstić information content (AvgIpc) is 2.44. The summed E-state index contributed by atoms with van der Waals surface area (Å²) in [5.41, 5.74) is 2.35. The van der Waals surface area contributed by atoms with E-state index in [1.165, 1.54) is 11.1 Å². The number of carbonyl (C=O) groups is 2. The maximum absolute atomic E-state index is 12.0. The zero-order chi connectivity index (χ0) is 16.2. The number of carbonyl (C=O) groups excluding carboxylic acids is 2. The molecule has 1 aromatic rings. The van der Waals surface area contributed by atoms with E-state index in [9.17, 15) is 9.59 Å². The summed E-state index contributed by atoms with van der Waals surface area (Å²) in [5.74, 6) is -0.560. The van der Waals surface area contributed by atoms with Crippen molar-refractivity contribution >= 4 is 11.9 Å². The number of hydrogen-bond donors (Lipinski definition) is 1. The van der Waals surface area contributed by atoms with Gasteiger partial charge in [-0.05, 0) is 35.8 Å². The summed E-state index contributed by atoms with van der Waals surface area (Å²) in [4.78, 5) is 23.7. The second kappa shape index (κ2) is 6.95. The van der Waals surface area contributed by atoms with Gasteiger partial charge in [-0.1, -0.05) is 45.0 Å². The molecule has 0 aliphatic heterocycles. The van der Waals surface area contributed by atoms with Crippen molar-refractivity contribution in [3.8, 4) is 0 Å². The van der Waals surface area contributed by atoms with E-state index in [1.54, 1.807) is 0 Å². The van der Waals surface area contributed by atoms with Crippen LogP contribution in [0.15, 0.2) is 24.3 Å². The first kappa shape index (κ1) is 16.5. The molecule has 1 aliphatic carbocycles. The minimum atomic E-state index is -0.327. The van der Waals surface area contributed by atoms with Crippen molar-refractivity contribution in [2.24, 2.45) is 5.41 Å². The number of nitrogens with one attached hydrogen (secondary N) is 1. The van der Waals surface area contributed by atoms with E-state index in [4.69, 9.17) is 4.74 Å². The maximum Gasteiger partial charge on any atom is 0.306 e. The van der Waals surface area contributed by atoms with E-state index in [2.05, 4.69) is 17.4 Å². The van der Waals surface area contributed by atoms with Crippen molar-refractivity contribution in [2.75, 3.05) is 6.61 Å². The second-order valence-electron chi connectivity index (χ2n) is 7.11. The lowest BCUT2D eigenvalue weighted by Crippen LogP contribution is -2.34. The lowest BCUT2D eigenvalue weighted by atomic mass is 9.88. The van der Waals surface area contributed by atoms with Gasteiger partial charge < -0.3 is 10.1 Å². The lowest BCUT2D eigenvalue weighted by Gasteiger charge is -2.26. The van der Waals surface area contributed by atoms with Crippen LogP contribution in [-0.4, -0.2) is 18.5 Å². The smallest absolute Gasteiger partial charge is 0.306 e. The molecule has 0 saturated carbocycles. The number of aryl methyl sites for hydroxylation is 1. The van der Waals surface area contributed by atoms with Crippen molar-refractivity contribution in [3.63, 3.8) is 0 Å². The van der Waals surface area contributed by atoms with Gasteiger partial charge in [0.25, 0.3) is 5.91 Å². The van der Waals surface area contributed by atoms with Crippen LogP contribution in [0.25, 0.3) is 0 Å². The van der Waals surface area contributed by atoms with E-state index in [1.807, 2.05) is 32.9 Å². The van der Waals surface area contributed by atoms with Crippen molar-refractivity contribution in [2.45, 2.75) is 52.5 Å². The molecule has 0 saturated heterocycles. The summed E-state index contributed by atoms with van der Waals surface area (Å²) >= 11 is 0.